The molecule has 0 fully saturated rings. The maximum absolute atomic E-state index is 2.82. The average Bonchev–Trinajstić information content (AvgIpc) is 2.99. The van der Waals surface area contributed by atoms with Gasteiger partial charge in [0.15, 0.2) is 0 Å². The molecule has 0 aromatic carbocycles. The second-order valence-corrected chi connectivity index (χ2v) is 15.8. The third-order valence-electron chi connectivity index (χ3n) is 9.96. The van der Waals surface area contributed by atoms with E-state index in [1.54, 1.807) is 0 Å². The molecule has 0 aliphatic rings. The van der Waals surface area contributed by atoms with Gasteiger partial charge in [-0.25, -0.2) is 0 Å². The fourth-order valence-electron chi connectivity index (χ4n) is 6.87. The van der Waals surface area contributed by atoms with Crippen molar-refractivity contribution in [3.8, 4) is 0 Å². The summed E-state index contributed by atoms with van der Waals surface area (Å²) in [6.45, 7) is 9.92. The lowest BCUT2D eigenvalue weighted by molar-refractivity contribution is -0.870. The highest BCUT2D eigenvalue weighted by atomic mass is 79.9. The SMILES string of the molecule is CCCCCCCCCCCCCCCCCCN(CCCCCCCCCCCCCCCCCC)CCC[N+](C)(C)C.[Br-]. The van der Waals surface area contributed by atoms with Crippen LogP contribution in [0.1, 0.15) is 226 Å². The molecule has 0 atom stereocenters. The molecule has 0 rings (SSSR count). The first-order valence-corrected chi connectivity index (χ1v) is 21.0. The Bertz CT molecular complexity index is 481. The van der Waals surface area contributed by atoms with E-state index in [-0.39, 0.29) is 17.0 Å². The van der Waals surface area contributed by atoms with Crippen molar-refractivity contribution < 1.29 is 21.5 Å². The predicted octanol–water partition coefficient (Wildman–Crippen LogP) is 10.9. The van der Waals surface area contributed by atoms with Gasteiger partial charge in [0.05, 0.1) is 27.7 Å². The van der Waals surface area contributed by atoms with Crippen LogP contribution in [0.15, 0.2) is 0 Å². The van der Waals surface area contributed by atoms with Gasteiger partial charge in [0.25, 0.3) is 0 Å². The van der Waals surface area contributed by atoms with Gasteiger partial charge in [-0.05, 0) is 25.9 Å². The largest absolute Gasteiger partial charge is 1.00 e. The van der Waals surface area contributed by atoms with Crippen molar-refractivity contribution >= 4 is 0 Å². The molecule has 0 amide bonds. The average molecular weight is 702 g/mol. The third-order valence-corrected chi connectivity index (χ3v) is 9.96. The Hall–Kier alpha value is 0.400. The van der Waals surface area contributed by atoms with Crippen LogP contribution in [0.5, 0.6) is 0 Å². The number of hydrogen-bond donors (Lipinski definition) is 0. The fraction of sp³-hybridized carbons (Fsp3) is 1.00. The minimum absolute atomic E-state index is 0. The van der Waals surface area contributed by atoms with Crippen LogP contribution in [0.3, 0.4) is 0 Å². The number of quaternary nitrogens is 1. The molecule has 45 heavy (non-hydrogen) atoms. The molecule has 0 saturated heterocycles. The van der Waals surface area contributed by atoms with Gasteiger partial charge in [-0.15, -0.1) is 0 Å². The quantitative estimate of drug-likeness (QED) is 0.0458. The Labute approximate surface area is 298 Å². The molecule has 0 aromatic heterocycles. The summed E-state index contributed by atoms with van der Waals surface area (Å²) >= 11 is 0. The summed E-state index contributed by atoms with van der Waals surface area (Å²) in [7, 11) is 7.03. The summed E-state index contributed by atoms with van der Waals surface area (Å²) in [6, 6.07) is 0. The summed E-state index contributed by atoms with van der Waals surface area (Å²) in [6.07, 6.45) is 48.1. The second kappa shape index (κ2) is 38.8. The van der Waals surface area contributed by atoms with Gasteiger partial charge in [0, 0.05) is 13.0 Å². The van der Waals surface area contributed by atoms with Crippen LogP contribution in [0.2, 0.25) is 0 Å². The highest BCUT2D eigenvalue weighted by molar-refractivity contribution is 4.60. The van der Waals surface area contributed by atoms with Crippen LogP contribution in [-0.4, -0.2) is 56.7 Å². The highest BCUT2D eigenvalue weighted by Crippen LogP contribution is 2.16. The molecule has 274 valence electrons. The molecule has 0 spiro atoms. The monoisotopic (exact) mass is 701 g/mol. The van der Waals surface area contributed by atoms with Gasteiger partial charge >= 0.3 is 0 Å². The summed E-state index contributed by atoms with van der Waals surface area (Å²) in [5, 5.41) is 0. The molecule has 0 aliphatic heterocycles. The van der Waals surface area contributed by atoms with Gasteiger partial charge in [0.1, 0.15) is 0 Å². The van der Waals surface area contributed by atoms with Crippen molar-refractivity contribution in [2.24, 2.45) is 0 Å². The molecule has 0 unspecified atom stereocenters. The molecule has 0 saturated carbocycles. The van der Waals surface area contributed by atoms with E-state index in [1.807, 2.05) is 0 Å². The van der Waals surface area contributed by atoms with Crippen LogP contribution >= 0.6 is 0 Å². The molecule has 2 nitrogen and oxygen atoms in total. The third kappa shape index (κ3) is 42.4. The Morgan fingerprint density at radius 3 is 0.711 bits per heavy atom. The summed E-state index contributed by atoms with van der Waals surface area (Å²) in [5.41, 5.74) is 0. The minimum Gasteiger partial charge on any atom is -1.00 e. The Balaban J connectivity index is 0. The van der Waals surface area contributed by atoms with Crippen LogP contribution in [0.25, 0.3) is 0 Å². The number of halogens is 1. The van der Waals surface area contributed by atoms with E-state index in [2.05, 4.69) is 39.9 Å². The Morgan fingerprint density at radius 2 is 0.489 bits per heavy atom. The molecular weight excluding hydrogens is 612 g/mol. The van der Waals surface area contributed by atoms with Gasteiger partial charge in [0.2, 0.25) is 0 Å². The fourth-order valence-corrected chi connectivity index (χ4v) is 6.87. The van der Waals surface area contributed by atoms with E-state index in [1.165, 1.54) is 238 Å². The molecule has 0 aromatic rings. The van der Waals surface area contributed by atoms with Crippen LogP contribution < -0.4 is 17.0 Å². The van der Waals surface area contributed by atoms with Crippen LogP contribution in [0.4, 0.5) is 0 Å². The smallest absolute Gasteiger partial charge is 0.0792 e. The predicted molar refractivity (Wildman–Crippen MR) is 203 cm³/mol. The number of rotatable bonds is 38. The van der Waals surface area contributed by atoms with E-state index in [9.17, 15) is 0 Å². The first kappa shape index (κ1) is 47.5. The van der Waals surface area contributed by atoms with E-state index < -0.39 is 0 Å². The minimum atomic E-state index is 0. The van der Waals surface area contributed by atoms with Gasteiger partial charge in [-0.3, -0.25) is 0 Å². The van der Waals surface area contributed by atoms with Gasteiger partial charge in [-0.2, -0.15) is 0 Å². The molecule has 3 heteroatoms. The lowest BCUT2D eigenvalue weighted by atomic mass is 10.0. The van der Waals surface area contributed by atoms with Crippen molar-refractivity contribution in [3.63, 3.8) is 0 Å². The first-order valence-electron chi connectivity index (χ1n) is 21.0. The molecule has 0 heterocycles. The first-order chi connectivity index (χ1) is 21.5. The zero-order chi connectivity index (χ0) is 32.2. The zero-order valence-corrected chi connectivity index (χ0v) is 34.0. The second-order valence-electron chi connectivity index (χ2n) is 15.8. The van der Waals surface area contributed by atoms with E-state index in [0.29, 0.717) is 0 Å². The molecular formula is C42H89BrN2. The van der Waals surface area contributed by atoms with Crippen molar-refractivity contribution in [2.45, 2.75) is 226 Å². The molecule has 0 radical (unpaired) electrons. The van der Waals surface area contributed by atoms with Crippen LogP contribution in [0, 0.1) is 0 Å². The highest BCUT2D eigenvalue weighted by Gasteiger charge is 2.10. The lowest BCUT2D eigenvalue weighted by Gasteiger charge is -2.27. The summed E-state index contributed by atoms with van der Waals surface area (Å²) in [5.74, 6) is 0. The number of hydrogen-bond acceptors (Lipinski definition) is 1. The Morgan fingerprint density at radius 1 is 0.289 bits per heavy atom. The standard InChI is InChI=1S/C42H89N2.BrH/c1-6-8-10-12-14-16-18-20-22-24-26-28-30-32-34-36-39-43(41-38-42-44(3,4)5)40-37-35-33-31-29-27-25-23-21-19-17-15-13-11-9-7-2;/h6-42H2,1-5H3;1H/q+1;/p-1. The van der Waals surface area contributed by atoms with Crippen molar-refractivity contribution in [3.05, 3.63) is 0 Å². The maximum Gasteiger partial charge on any atom is 0.0792 e. The van der Waals surface area contributed by atoms with E-state index in [4.69, 9.17) is 0 Å². The van der Waals surface area contributed by atoms with E-state index >= 15 is 0 Å². The van der Waals surface area contributed by atoms with E-state index in [0.717, 1.165) is 4.48 Å². The van der Waals surface area contributed by atoms with Gasteiger partial charge < -0.3 is 26.4 Å². The molecule has 0 N–H and O–H groups in total. The Kier molecular flexibility index (Phi) is 41.0. The zero-order valence-electron chi connectivity index (χ0n) is 32.4. The van der Waals surface area contributed by atoms with Crippen molar-refractivity contribution in [1.82, 2.24) is 4.90 Å². The summed E-state index contributed by atoms with van der Waals surface area (Å²) < 4.78 is 1.10. The molecule has 0 aliphatic carbocycles. The number of nitrogens with zero attached hydrogens (tertiary/aromatic N) is 2. The van der Waals surface area contributed by atoms with Gasteiger partial charge in [-0.1, -0.05) is 206 Å². The molecule has 0 bridgehead atoms. The van der Waals surface area contributed by atoms with Crippen molar-refractivity contribution in [1.29, 1.82) is 0 Å². The maximum atomic E-state index is 2.82. The lowest BCUT2D eigenvalue weighted by Crippen LogP contribution is -3.00. The summed E-state index contributed by atoms with van der Waals surface area (Å²) in [4.78, 5) is 2.82. The van der Waals surface area contributed by atoms with Crippen molar-refractivity contribution in [2.75, 3.05) is 47.3 Å². The van der Waals surface area contributed by atoms with Crippen LogP contribution in [-0.2, 0) is 0 Å². The number of unbranched alkanes of at least 4 members (excludes halogenated alkanes) is 30. The topological polar surface area (TPSA) is 3.24 Å². The normalized spacial score (nSPS) is 11.9.